The molecule has 2 aliphatic rings. The van der Waals surface area contributed by atoms with Crippen molar-refractivity contribution in [2.24, 2.45) is 0 Å². The second-order valence-corrected chi connectivity index (χ2v) is 54.6. The van der Waals surface area contributed by atoms with Gasteiger partial charge in [-0.1, -0.05) is 348 Å². The van der Waals surface area contributed by atoms with Crippen molar-refractivity contribution in [2.75, 3.05) is 19.6 Å². The molecule has 0 aliphatic carbocycles. The number of rotatable bonds is 16. The fraction of sp³-hybridized carbons (Fsp3) is 0.0526. The van der Waals surface area contributed by atoms with E-state index in [-0.39, 0.29) is 0 Å². The summed E-state index contributed by atoms with van der Waals surface area (Å²) in [7, 11) is -6.75. The van der Waals surface area contributed by atoms with Crippen LogP contribution in [0.3, 0.4) is 0 Å². The molecule has 7 nitrogen and oxygen atoms in total. The van der Waals surface area contributed by atoms with Gasteiger partial charge in [0.25, 0.3) is 0 Å². The van der Waals surface area contributed by atoms with Crippen molar-refractivity contribution in [3.63, 3.8) is 0 Å². The topological polar surface area (TPSA) is 52.4 Å². The van der Waals surface area contributed by atoms with E-state index in [1.54, 1.807) is 0 Å². The molecular weight excluding hydrogens is 1790 g/mol. The Hall–Kier alpha value is -17.1. The molecule has 10 heteroatoms. The van der Waals surface area contributed by atoms with Gasteiger partial charge >= 0.3 is 0 Å². The Labute approximate surface area is 831 Å². The van der Waals surface area contributed by atoms with E-state index in [1.165, 1.54) is 107 Å². The number of hydrogen-bond acceptors (Lipinski definition) is 7. The molecule has 3 aromatic heterocycles. The Balaban J connectivity index is 0.611. The molecule has 2 aliphatic heterocycles. The third-order valence-electron chi connectivity index (χ3n) is 31.1. The van der Waals surface area contributed by atoms with Crippen molar-refractivity contribution in [1.29, 1.82) is 0 Å². The molecule has 0 spiro atoms. The quantitative estimate of drug-likeness (QED) is 0.0706. The number of para-hydroxylation sites is 8. The van der Waals surface area contributed by atoms with E-state index in [9.17, 15) is 0 Å². The van der Waals surface area contributed by atoms with Crippen molar-refractivity contribution >= 4 is 249 Å². The van der Waals surface area contributed by atoms with Gasteiger partial charge in [-0.15, -0.1) is 0 Å². The maximum absolute atomic E-state index is 7.44. The normalized spacial score (nSPS) is 13.1. The van der Waals surface area contributed by atoms with E-state index in [4.69, 9.17) is 13.3 Å². The maximum Gasteiger partial charge on any atom is 0.159 e. The molecule has 28 rings (SSSR count). The lowest BCUT2D eigenvalue weighted by atomic mass is 9.89. The third-order valence-corrected chi connectivity index (χ3v) is 40.2. The predicted molar refractivity (Wildman–Crippen MR) is 616 cm³/mol. The Bertz CT molecular complexity index is 9820. The van der Waals surface area contributed by atoms with E-state index < -0.39 is 24.2 Å². The molecule has 26 aromatic rings. The lowest BCUT2D eigenvalue weighted by molar-refractivity contribution is 0.668. The number of nitrogens with zero attached hydrogens (tertiary/aromatic N) is 4. The molecule has 0 radical (unpaired) electrons. The van der Waals surface area contributed by atoms with Crippen molar-refractivity contribution < 1.29 is 13.3 Å². The smallest absolute Gasteiger partial charge is 0.159 e. The summed E-state index contributed by atoms with van der Waals surface area (Å²) in [6.07, 6.45) is 0. The Morgan fingerprint density at radius 1 is 0.182 bits per heavy atom. The summed E-state index contributed by atoms with van der Waals surface area (Å²) < 4.78 is 21.0. The molecule has 23 aromatic carbocycles. The second kappa shape index (κ2) is 32.2. The van der Waals surface area contributed by atoms with Crippen LogP contribution in [0.1, 0.15) is 0 Å². The highest BCUT2D eigenvalue weighted by atomic mass is 28.3. The van der Waals surface area contributed by atoms with Gasteiger partial charge in [-0.05, 0) is 277 Å². The fourth-order valence-electron chi connectivity index (χ4n) is 24.2. The van der Waals surface area contributed by atoms with Crippen LogP contribution in [-0.2, 0) is 0 Å². The lowest BCUT2D eigenvalue weighted by Gasteiger charge is -2.36. The van der Waals surface area contributed by atoms with E-state index in [0.717, 1.165) is 173 Å². The Morgan fingerprint density at radius 2 is 0.559 bits per heavy atom. The number of anilines is 12. The van der Waals surface area contributed by atoms with Gasteiger partial charge in [0.05, 0.1) is 42.2 Å². The van der Waals surface area contributed by atoms with Gasteiger partial charge in [-0.2, -0.15) is 0 Å². The van der Waals surface area contributed by atoms with E-state index in [2.05, 4.69) is 520 Å². The minimum absolute atomic E-state index is 0.805. The Kier molecular flexibility index (Phi) is 18.9. The zero-order valence-corrected chi connectivity index (χ0v) is 83.3. The van der Waals surface area contributed by atoms with E-state index in [0.29, 0.717) is 0 Å². The SMILES string of the molecule is C[Si](C)(C)c1ccc(N(c2ccccc2)c2cc3c4cccc5c4c(cc3c3ccccc23)-c2ccc(N(c3ccccc3-c3ccccc3)c3cc(-c4cccc(-c6ccccc6N(c6ccc7oc8ccccc8c7c6)c6cc7c8cccc9c8c(cc7c7ccccc67)-c6ccc(N(c7ccccc7)c7cccc8c7oc7ccccc78)cc6[Si]9(C)C)c4)cc4c3oc3ccccc34)cc2[Si]5(C)C)cc1. The largest absolute Gasteiger partial charge is 0.456 e. The minimum Gasteiger partial charge on any atom is -0.456 e. The highest BCUT2D eigenvalue weighted by molar-refractivity contribution is 7.04. The number of fused-ring (bicyclic) bond motifs is 21. The second-order valence-electron chi connectivity index (χ2n) is 40.9. The summed E-state index contributed by atoms with van der Waals surface area (Å²) in [5.41, 5.74) is 29.3. The molecule has 678 valence electrons. The number of furan rings is 3. The lowest BCUT2D eigenvalue weighted by Crippen LogP contribution is -2.56. The van der Waals surface area contributed by atoms with Crippen molar-refractivity contribution in [1.82, 2.24) is 0 Å². The van der Waals surface area contributed by atoms with Crippen LogP contribution in [0.15, 0.2) is 468 Å². The average molecular weight is 1880 g/mol. The first-order valence-electron chi connectivity index (χ1n) is 49.7. The van der Waals surface area contributed by atoms with Gasteiger partial charge in [0.15, 0.2) is 11.2 Å². The Morgan fingerprint density at radius 3 is 1.13 bits per heavy atom. The number of benzene rings is 23. The monoisotopic (exact) mass is 1880 g/mol. The summed E-state index contributed by atoms with van der Waals surface area (Å²) in [6.45, 7) is 17.5. The third kappa shape index (κ3) is 13.1. The van der Waals surface area contributed by atoms with Gasteiger partial charge in [0.2, 0.25) is 0 Å². The molecule has 0 N–H and O–H groups in total. The van der Waals surface area contributed by atoms with Crippen LogP contribution in [-0.4, -0.2) is 24.2 Å². The molecule has 0 unspecified atom stereocenters. The van der Waals surface area contributed by atoms with Crippen molar-refractivity contribution in [3.8, 4) is 55.6 Å². The highest BCUT2D eigenvalue weighted by Crippen LogP contribution is 2.56. The highest BCUT2D eigenvalue weighted by Gasteiger charge is 2.41. The summed E-state index contributed by atoms with van der Waals surface area (Å²) in [5, 5.41) is 28.3. The van der Waals surface area contributed by atoms with Gasteiger partial charge in [0.1, 0.15) is 38.5 Å². The predicted octanol–water partition coefficient (Wildman–Crippen LogP) is 35.3. The first-order valence-corrected chi connectivity index (χ1v) is 59.2. The average Bonchev–Trinajstić information content (AvgIpc) is 1.50. The van der Waals surface area contributed by atoms with Crippen molar-refractivity contribution in [3.05, 3.63) is 455 Å². The van der Waals surface area contributed by atoms with Crippen molar-refractivity contribution in [2.45, 2.75) is 45.8 Å². The standard InChI is InChI=1S/C133H96N4O3Si3/c1-141(2,3)93-68-63-89(64-69-93)134(87-39-13-9-14-40-87)119-81-110-105-52-33-62-127-130(105)114(79-108(110)96-45-17-19-47-98(96)119)104-71-66-92(78-129(104)143(127,6)7)137(116-55-26-21-43-94(116)83-35-11-8-12-36-83)121-75-86(74-115-102-51-25-30-60-124(102)140-133(115)121)84-37-31-38-85(73-84)95-44-22-27-56-117(95)136(90-67-72-125-112(76-90)101-50-24-28-58-122(101)138-125)120-82-111-106-53-34-61-126-131(106)113(80-109(111)97-46-18-20-48-99(97)120)103-70-65-91(77-128(103)142(126,4)5)135(88-41-15-10-16-42-88)118-57-32-54-107-100-49-23-29-59-123(100)139-132(107)118/h8-82H,1-7H3. The molecule has 0 amide bonds. The molecular formula is C133H96N4O3Si3. The van der Waals surface area contributed by atoms with E-state index in [1.807, 2.05) is 0 Å². The first-order chi connectivity index (χ1) is 70.1. The summed E-state index contributed by atoms with van der Waals surface area (Å²) >= 11 is 0. The van der Waals surface area contributed by atoms with Crippen LogP contribution in [0.2, 0.25) is 45.8 Å². The van der Waals surface area contributed by atoms with Gasteiger partial charge in [-0.3, -0.25) is 0 Å². The first kappa shape index (κ1) is 84.0. The van der Waals surface area contributed by atoms with Gasteiger partial charge < -0.3 is 32.9 Å². The summed E-state index contributed by atoms with van der Waals surface area (Å²) in [6, 6.07) is 170. The molecule has 143 heavy (non-hydrogen) atoms. The van der Waals surface area contributed by atoms with Gasteiger partial charge in [0, 0.05) is 88.3 Å². The maximum atomic E-state index is 7.44. The van der Waals surface area contributed by atoms with E-state index >= 15 is 0 Å². The molecule has 0 atom stereocenters. The zero-order valence-electron chi connectivity index (χ0n) is 80.3. The summed E-state index contributed by atoms with van der Waals surface area (Å²) in [5.74, 6) is 0. The molecule has 5 heterocycles. The van der Waals surface area contributed by atoms with Crippen LogP contribution in [0.5, 0.6) is 0 Å². The minimum atomic E-state index is -2.63. The number of hydrogen-bond donors (Lipinski definition) is 0. The van der Waals surface area contributed by atoms with Crippen LogP contribution in [0, 0.1) is 0 Å². The summed E-state index contributed by atoms with van der Waals surface area (Å²) in [4.78, 5) is 9.95. The fourth-order valence-corrected chi connectivity index (χ4v) is 31.6. The molecule has 0 fully saturated rings. The van der Waals surface area contributed by atoms with Crippen LogP contribution in [0.4, 0.5) is 68.2 Å². The molecule has 0 saturated heterocycles. The van der Waals surface area contributed by atoms with Crippen LogP contribution < -0.4 is 45.5 Å². The zero-order chi connectivity index (χ0) is 95.4. The van der Waals surface area contributed by atoms with Crippen LogP contribution >= 0.6 is 0 Å². The van der Waals surface area contributed by atoms with Crippen LogP contribution in [0.25, 0.3) is 186 Å². The molecule has 0 saturated carbocycles. The molecule has 0 bridgehead atoms. The van der Waals surface area contributed by atoms with Gasteiger partial charge in [-0.25, -0.2) is 0 Å².